The summed E-state index contributed by atoms with van der Waals surface area (Å²) in [5.74, 6) is -1.73. The van der Waals surface area contributed by atoms with Gasteiger partial charge in [0, 0.05) is 23.0 Å². The van der Waals surface area contributed by atoms with Gasteiger partial charge >= 0.3 is 0 Å². The van der Waals surface area contributed by atoms with Crippen LogP contribution in [0.4, 0.5) is 22.7 Å². The van der Waals surface area contributed by atoms with Gasteiger partial charge in [0.25, 0.3) is 23.4 Å². The predicted molar refractivity (Wildman–Crippen MR) is 152 cm³/mol. The second-order valence-corrected chi connectivity index (χ2v) is 9.46. The van der Waals surface area contributed by atoms with Crippen LogP contribution in [0.3, 0.4) is 0 Å². The molecule has 0 fully saturated rings. The lowest BCUT2D eigenvalue weighted by Crippen LogP contribution is -2.30. The van der Waals surface area contributed by atoms with E-state index in [1.807, 2.05) is 73.7 Å². The van der Waals surface area contributed by atoms with Crippen molar-refractivity contribution in [3.8, 4) is 0 Å². The fraction of sp³-hybridized carbons (Fsp3) is 0.0312. The highest BCUT2D eigenvalue weighted by atomic mass is 16.6. The van der Waals surface area contributed by atoms with Crippen LogP contribution >= 0.6 is 0 Å². The largest absolute Gasteiger partial charge is 0.283 e. The summed E-state index contributed by atoms with van der Waals surface area (Å²) in [6.07, 6.45) is 0. The summed E-state index contributed by atoms with van der Waals surface area (Å²) < 4.78 is 0. The number of nitro groups is 1. The van der Waals surface area contributed by atoms with Crippen LogP contribution in [0, 0.1) is 17.0 Å². The Bertz CT molecular complexity index is 1860. The SMILES string of the molecule is Cc1cccc(N(C(=O)c2ccc(N3C(=O)c4cccc([N+](=O)[O-])c4C3=O)cc2)c2ccc3ccccc3c2)c1. The Morgan fingerprint density at radius 2 is 1.45 bits per heavy atom. The Balaban J connectivity index is 1.37. The number of carbonyl (C=O) groups excluding carboxylic acids is 3. The van der Waals surface area contributed by atoms with E-state index in [2.05, 4.69) is 0 Å². The minimum atomic E-state index is -0.774. The summed E-state index contributed by atoms with van der Waals surface area (Å²) in [6.45, 7) is 1.95. The molecule has 5 aromatic rings. The number of benzene rings is 5. The molecule has 8 nitrogen and oxygen atoms in total. The third-order valence-corrected chi connectivity index (χ3v) is 6.92. The smallest absolute Gasteiger partial charge is 0.277 e. The van der Waals surface area contributed by atoms with E-state index in [0.29, 0.717) is 16.9 Å². The molecular weight excluding hydrogens is 506 g/mol. The molecule has 194 valence electrons. The van der Waals surface area contributed by atoms with Gasteiger partial charge in [-0.3, -0.25) is 29.4 Å². The van der Waals surface area contributed by atoms with Crippen molar-refractivity contribution in [2.75, 3.05) is 9.80 Å². The highest BCUT2D eigenvalue weighted by molar-refractivity contribution is 6.35. The summed E-state index contributed by atoms with van der Waals surface area (Å²) in [6, 6.07) is 31.4. The first kappa shape index (κ1) is 24.7. The molecule has 5 aromatic carbocycles. The van der Waals surface area contributed by atoms with E-state index in [0.717, 1.165) is 21.2 Å². The van der Waals surface area contributed by atoms with Crippen LogP contribution in [0.5, 0.6) is 0 Å². The standard InChI is InChI=1S/C32H21N3O5/c1-20-6-4-9-25(18-20)33(26-17-12-21-7-2-3-8-23(21)19-26)30(36)22-13-15-24(16-14-22)34-31(37)27-10-5-11-28(35(39)40)29(27)32(34)38/h2-19H,1H3. The zero-order valence-corrected chi connectivity index (χ0v) is 21.3. The number of nitrogens with zero attached hydrogens (tertiary/aromatic N) is 3. The van der Waals surface area contributed by atoms with Crippen LogP contribution in [0.25, 0.3) is 10.8 Å². The van der Waals surface area contributed by atoms with Crippen molar-refractivity contribution in [1.82, 2.24) is 0 Å². The van der Waals surface area contributed by atoms with E-state index in [9.17, 15) is 24.5 Å². The van der Waals surface area contributed by atoms with Crippen molar-refractivity contribution in [2.45, 2.75) is 6.92 Å². The van der Waals surface area contributed by atoms with Crippen LogP contribution in [0.1, 0.15) is 36.6 Å². The number of amides is 3. The van der Waals surface area contributed by atoms with Gasteiger partial charge in [-0.2, -0.15) is 0 Å². The van der Waals surface area contributed by atoms with Gasteiger partial charge in [0.05, 0.1) is 16.2 Å². The number of aryl methyl sites for hydroxylation is 1. The van der Waals surface area contributed by atoms with Crippen molar-refractivity contribution in [1.29, 1.82) is 0 Å². The Morgan fingerprint density at radius 1 is 0.750 bits per heavy atom. The minimum Gasteiger partial charge on any atom is -0.277 e. The Morgan fingerprint density at radius 3 is 2.17 bits per heavy atom. The zero-order chi connectivity index (χ0) is 28.0. The van der Waals surface area contributed by atoms with Gasteiger partial charge in [-0.1, -0.05) is 48.5 Å². The molecule has 3 amide bonds. The number of carbonyl (C=O) groups is 3. The Hall–Kier alpha value is -5.63. The van der Waals surface area contributed by atoms with Crippen molar-refractivity contribution in [3.05, 3.63) is 142 Å². The Kier molecular flexibility index (Phi) is 5.92. The summed E-state index contributed by atoms with van der Waals surface area (Å²) in [4.78, 5) is 53.4. The van der Waals surface area contributed by atoms with Crippen molar-refractivity contribution < 1.29 is 19.3 Å². The summed E-state index contributed by atoms with van der Waals surface area (Å²) >= 11 is 0. The average molecular weight is 528 g/mol. The van der Waals surface area contributed by atoms with Crippen LogP contribution in [0.2, 0.25) is 0 Å². The molecule has 1 aliphatic rings. The fourth-order valence-corrected chi connectivity index (χ4v) is 5.00. The summed E-state index contributed by atoms with van der Waals surface area (Å²) in [5.41, 5.74) is 2.23. The van der Waals surface area contributed by atoms with Gasteiger partial charge in [0.1, 0.15) is 5.56 Å². The van der Waals surface area contributed by atoms with Gasteiger partial charge in [-0.25, -0.2) is 4.90 Å². The molecule has 1 heterocycles. The topological polar surface area (TPSA) is 101 Å². The molecule has 40 heavy (non-hydrogen) atoms. The second kappa shape index (κ2) is 9.59. The normalized spacial score (nSPS) is 12.5. The molecule has 0 saturated heterocycles. The quantitative estimate of drug-likeness (QED) is 0.142. The first-order chi connectivity index (χ1) is 19.3. The van der Waals surface area contributed by atoms with Gasteiger partial charge < -0.3 is 0 Å². The van der Waals surface area contributed by atoms with Crippen LogP contribution in [-0.2, 0) is 0 Å². The van der Waals surface area contributed by atoms with E-state index < -0.39 is 22.4 Å². The van der Waals surface area contributed by atoms with E-state index in [4.69, 9.17) is 0 Å². The van der Waals surface area contributed by atoms with Crippen LogP contribution in [0.15, 0.2) is 109 Å². The maximum absolute atomic E-state index is 14.0. The molecule has 1 aliphatic heterocycles. The molecule has 6 rings (SSSR count). The Labute approximate surface area is 228 Å². The lowest BCUT2D eigenvalue weighted by molar-refractivity contribution is -0.385. The molecule has 0 unspecified atom stereocenters. The molecule has 0 spiro atoms. The molecule has 8 heteroatoms. The fourth-order valence-electron chi connectivity index (χ4n) is 5.00. The van der Waals surface area contributed by atoms with Crippen molar-refractivity contribution in [2.24, 2.45) is 0 Å². The van der Waals surface area contributed by atoms with E-state index >= 15 is 0 Å². The second-order valence-electron chi connectivity index (χ2n) is 9.46. The predicted octanol–water partition coefficient (Wildman–Crippen LogP) is 6.84. The lowest BCUT2D eigenvalue weighted by atomic mass is 10.1. The average Bonchev–Trinajstić information content (AvgIpc) is 3.22. The molecule has 0 aromatic heterocycles. The third kappa shape index (κ3) is 4.08. The van der Waals surface area contributed by atoms with Gasteiger partial charge in [-0.05, 0) is 77.9 Å². The van der Waals surface area contributed by atoms with Gasteiger partial charge in [0.2, 0.25) is 0 Å². The number of rotatable bonds is 5. The van der Waals surface area contributed by atoms with Crippen molar-refractivity contribution in [3.63, 3.8) is 0 Å². The first-order valence-electron chi connectivity index (χ1n) is 12.5. The molecule has 0 bridgehead atoms. The van der Waals surface area contributed by atoms with E-state index in [1.165, 1.54) is 30.3 Å². The first-order valence-corrected chi connectivity index (χ1v) is 12.5. The molecule has 0 saturated carbocycles. The van der Waals surface area contributed by atoms with Gasteiger partial charge in [-0.15, -0.1) is 0 Å². The summed E-state index contributed by atoms with van der Waals surface area (Å²) in [5, 5.41) is 13.5. The highest BCUT2D eigenvalue weighted by Gasteiger charge is 2.41. The van der Waals surface area contributed by atoms with E-state index in [1.54, 1.807) is 17.0 Å². The number of anilines is 3. The van der Waals surface area contributed by atoms with Crippen LogP contribution in [-0.4, -0.2) is 22.6 Å². The molecule has 0 aliphatic carbocycles. The number of hydrogen-bond donors (Lipinski definition) is 0. The third-order valence-electron chi connectivity index (χ3n) is 6.92. The summed E-state index contributed by atoms with van der Waals surface area (Å²) in [7, 11) is 0. The van der Waals surface area contributed by atoms with Crippen LogP contribution < -0.4 is 9.80 Å². The van der Waals surface area contributed by atoms with E-state index in [-0.39, 0.29) is 22.7 Å². The number of hydrogen-bond acceptors (Lipinski definition) is 5. The minimum absolute atomic E-state index is 0.0266. The maximum Gasteiger partial charge on any atom is 0.283 e. The molecule has 0 N–H and O–H groups in total. The number of fused-ring (bicyclic) bond motifs is 2. The maximum atomic E-state index is 14.0. The molecule has 0 atom stereocenters. The number of nitro benzene ring substituents is 1. The zero-order valence-electron chi connectivity index (χ0n) is 21.3. The van der Waals surface area contributed by atoms with Crippen molar-refractivity contribution >= 4 is 51.2 Å². The monoisotopic (exact) mass is 527 g/mol. The highest BCUT2D eigenvalue weighted by Crippen LogP contribution is 2.35. The lowest BCUT2D eigenvalue weighted by Gasteiger charge is -2.24. The molecular formula is C32H21N3O5. The van der Waals surface area contributed by atoms with Gasteiger partial charge in [0.15, 0.2) is 0 Å². The molecule has 0 radical (unpaired) electrons. The number of imide groups is 1.